The Balaban J connectivity index is 2.57. The zero-order valence-electron chi connectivity index (χ0n) is 8.16. The van der Waals surface area contributed by atoms with Crippen LogP contribution in [0.1, 0.15) is 25.3 Å². The van der Waals surface area contributed by atoms with Crippen LogP contribution in [0.2, 0.25) is 0 Å². The van der Waals surface area contributed by atoms with Crippen molar-refractivity contribution in [1.82, 2.24) is 9.97 Å². The van der Waals surface area contributed by atoms with Crippen LogP contribution in [0.15, 0.2) is 11.4 Å². The first-order chi connectivity index (χ1) is 6.77. The number of aromatic nitrogens is 2. The smallest absolute Gasteiger partial charge is 0.189 e. The molecular weight excluding hydrogens is 218 g/mol. The third-order valence-electron chi connectivity index (χ3n) is 1.75. The van der Waals surface area contributed by atoms with E-state index in [-0.39, 0.29) is 0 Å². The topological polar surface area (TPSA) is 51.8 Å². The van der Waals surface area contributed by atoms with Crippen molar-refractivity contribution >= 4 is 29.2 Å². The number of alkyl halides is 1. The second-order valence-corrected chi connectivity index (χ2v) is 4.23. The van der Waals surface area contributed by atoms with Gasteiger partial charge in [-0.3, -0.25) is 0 Å². The molecular formula is C9H14ClN3S. The van der Waals surface area contributed by atoms with Gasteiger partial charge in [-0.25, -0.2) is 9.97 Å². The summed E-state index contributed by atoms with van der Waals surface area (Å²) in [6.07, 6.45) is 4.05. The lowest BCUT2D eigenvalue weighted by molar-refractivity contribution is 0.887. The Kier molecular flexibility index (Phi) is 5.04. The van der Waals surface area contributed by atoms with E-state index in [0.29, 0.717) is 11.7 Å². The molecule has 1 aromatic rings. The van der Waals surface area contributed by atoms with Gasteiger partial charge in [0.1, 0.15) is 5.82 Å². The maximum Gasteiger partial charge on any atom is 0.189 e. The van der Waals surface area contributed by atoms with Gasteiger partial charge in [0.25, 0.3) is 0 Å². The maximum absolute atomic E-state index is 5.69. The second kappa shape index (κ2) is 6.09. The van der Waals surface area contributed by atoms with Crippen LogP contribution in [0.5, 0.6) is 0 Å². The predicted molar refractivity (Wildman–Crippen MR) is 61.6 cm³/mol. The molecule has 5 heteroatoms. The molecule has 0 bridgehead atoms. The van der Waals surface area contributed by atoms with Crippen LogP contribution >= 0.6 is 23.4 Å². The van der Waals surface area contributed by atoms with Crippen molar-refractivity contribution in [3.8, 4) is 0 Å². The summed E-state index contributed by atoms with van der Waals surface area (Å²) in [4.78, 5) is 8.33. The summed E-state index contributed by atoms with van der Waals surface area (Å²) in [7, 11) is 0. The third-order valence-corrected chi connectivity index (χ3v) is 2.98. The molecule has 0 amide bonds. The first-order valence-corrected chi connectivity index (χ1v) is 6.10. The lowest BCUT2D eigenvalue weighted by Crippen LogP contribution is -1.99. The summed E-state index contributed by atoms with van der Waals surface area (Å²) in [6, 6.07) is 0. The van der Waals surface area contributed by atoms with Gasteiger partial charge < -0.3 is 5.73 Å². The molecule has 0 aliphatic heterocycles. The molecule has 14 heavy (non-hydrogen) atoms. The number of hydrogen-bond donors (Lipinski definition) is 1. The van der Waals surface area contributed by atoms with Crippen molar-refractivity contribution in [2.45, 2.75) is 30.8 Å². The molecule has 0 atom stereocenters. The number of nitrogens with zero attached hydrogens (tertiary/aromatic N) is 2. The normalized spacial score (nSPS) is 10.4. The molecule has 0 aliphatic carbocycles. The molecule has 1 heterocycles. The van der Waals surface area contributed by atoms with Gasteiger partial charge >= 0.3 is 0 Å². The molecule has 2 N–H and O–H groups in total. The standard InChI is InChI=1S/C9H14ClN3S/c1-2-3-4-14-9-12-6-7(5-10)8(11)13-9/h6H,2-5H2,1H3,(H2,11,12,13). The highest BCUT2D eigenvalue weighted by Gasteiger charge is 2.02. The van der Waals surface area contributed by atoms with Crippen molar-refractivity contribution in [2.24, 2.45) is 0 Å². The van der Waals surface area contributed by atoms with E-state index in [9.17, 15) is 0 Å². The third kappa shape index (κ3) is 3.35. The van der Waals surface area contributed by atoms with Crippen molar-refractivity contribution in [2.75, 3.05) is 11.5 Å². The minimum atomic E-state index is 0.367. The van der Waals surface area contributed by atoms with E-state index in [1.54, 1.807) is 18.0 Å². The molecule has 0 aliphatic rings. The molecule has 1 rings (SSSR count). The van der Waals surface area contributed by atoms with Crippen molar-refractivity contribution < 1.29 is 0 Å². The number of unbranched alkanes of at least 4 members (excludes halogenated alkanes) is 1. The van der Waals surface area contributed by atoms with Crippen molar-refractivity contribution in [3.05, 3.63) is 11.8 Å². The van der Waals surface area contributed by atoms with E-state index in [1.807, 2.05) is 0 Å². The fraction of sp³-hybridized carbons (Fsp3) is 0.556. The number of rotatable bonds is 5. The number of nitrogen functional groups attached to an aromatic ring is 1. The van der Waals surface area contributed by atoms with E-state index in [1.165, 1.54) is 12.8 Å². The Labute approximate surface area is 93.5 Å². The average molecular weight is 232 g/mol. The highest BCUT2D eigenvalue weighted by atomic mass is 35.5. The number of halogens is 1. The van der Waals surface area contributed by atoms with Crippen LogP contribution < -0.4 is 5.73 Å². The SMILES string of the molecule is CCCCSc1ncc(CCl)c(N)n1. The minimum Gasteiger partial charge on any atom is -0.383 e. The first kappa shape index (κ1) is 11.6. The number of thioether (sulfide) groups is 1. The highest BCUT2D eigenvalue weighted by Crippen LogP contribution is 2.18. The molecule has 0 spiro atoms. The van der Waals surface area contributed by atoms with Crippen LogP contribution in [-0.2, 0) is 5.88 Å². The Morgan fingerprint density at radius 2 is 2.36 bits per heavy atom. The van der Waals surface area contributed by atoms with Gasteiger partial charge in [0.2, 0.25) is 0 Å². The molecule has 1 aromatic heterocycles. The summed E-state index contributed by atoms with van der Waals surface area (Å²) >= 11 is 7.28. The Morgan fingerprint density at radius 3 is 2.93 bits per heavy atom. The Morgan fingerprint density at radius 1 is 1.57 bits per heavy atom. The minimum absolute atomic E-state index is 0.367. The average Bonchev–Trinajstić information content (AvgIpc) is 2.18. The van der Waals surface area contributed by atoms with E-state index in [0.717, 1.165) is 16.5 Å². The summed E-state index contributed by atoms with van der Waals surface area (Å²) in [5.41, 5.74) is 6.48. The van der Waals surface area contributed by atoms with E-state index >= 15 is 0 Å². The summed E-state index contributed by atoms with van der Waals surface area (Å²) in [5.74, 6) is 1.90. The van der Waals surface area contributed by atoms with Crippen LogP contribution in [0.3, 0.4) is 0 Å². The zero-order chi connectivity index (χ0) is 10.4. The van der Waals surface area contributed by atoms with Gasteiger partial charge in [-0.05, 0) is 6.42 Å². The lowest BCUT2D eigenvalue weighted by Gasteiger charge is -2.03. The van der Waals surface area contributed by atoms with Crippen LogP contribution in [0.25, 0.3) is 0 Å². The Bertz CT molecular complexity index is 293. The quantitative estimate of drug-likeness (QED) is 0.366. The molecule has 0 saturated heterocycles. The number of hydrogen-bond acceptors (Lipinski definition) is 4. The Hall–Kier alpha value is -0.480. The molecule has 0 radical (unpaired) electrons. The van der Waals surface area contributed by atoms with Crippen molar-refractivity contribution in [1.29, 1.82) is 0 Å². The highest BCUT2D eigenvalue weighted by molar-refractivity contribution is 7.99. The lowest BCUT2D eigenvalue weighted by atomic mass is 10.4. The first-order valence-electron chi connectivity index (χ1n) is 4.58. The maximum atomic E-state index is 5.69. The molecule has 0 aromatic carbocycles. The monoisotopic (exact) mass is 231 g/mol. The molecule has 3 nitrogen and oxygen atoms in total. The number of nitrogens with two attached hydrogens (primary N) is 1. The zero-order valence-corrected chi connectivity index (χ0v) is 9.74. The molecule has 78 valence electrons. The van der Waals surface area contributed by atoms with E-state index in [2.05, 4.69) is 16.9 Å². The van der Waals surface area contributed by atoms with Crippen molar-refractivity contribution in [3.63, 3.8) is 0 Å². The summed E-state index contributed by atoms with van der Waals surface area (Å²) in [5, 5.41) is 0.741. The van der Waals surface area contributed by atoms with Crippen LogP contribution in [-0.4, -0.2) is 15.7 Å². The second-order valence-electron chi connectivity index (χ2n) is 2.90. The fourth-order valence-electron chi connectivity index (χ4n) is 0.883. The van der Waals surface area contributed by atoms with Crippen LogP contribution in [0.4, 0.5) is 5.82 Å². The van der Waals surface area contributed by atoms with E-state index < -0.39 is 0 Å². The molecule has 0 saturated carbocycles. The number of anilines is 1. The largest absolute Gasteiger partial charge is 0.383 e. The van der Waals surface area contributed by atoms with Gasteiger partial charge in [-0.15, -0.1) is 11.6 Å². The van der Waals surface area contributed by atoms with Gasteiger partial charge in [0, 0.05) is 17.5 Å². The van der Waals surface area contributed by atoms with E-state index in [4.69, 9.17) is 17.3 Å². The van der Waals surface area contributed by atoms with Crippen LogP contribution in [0, 0.1) is 0 Å². The van der Waals surface area contributed by atoms with Gasteiger partial charge in [0.05, 0.1) is 5.88 Å². The molecule has 0 fully saturated rings. The summed E-state index contributed by atoms with van der Waals surface area (Å²) < 4.78 is 0. The fourth-order valence-corrected chi connectivity index (χ4v) is 1.99. The summed E-state index contributed by atoms with van der Waals surface area (Å²) in [6.45, 7) is 2.16. The van der Waals surface area contributed by atoms with Gasteiger partial charge in [-0.1, -0.05) is 25.1 Å². The van der Waals surface area contributed by atoms with Gasteiger partial charge in [0.15, 0.2) is 5.16 Å². The predicted octanol–water partition coefficient (Wildman–Crippen LogP) is 2.69. The molecule has 0 unspecified atom stereocenters. The van der Waals surface area contributed by atoms with Gasteiger partial charge in [-0.2, -0.15) is 0 Å².